The van der Waals surface area contributed by atoms with Gasteiger partial charge < -0.3 is 30.1 Å². The van der Waals surface area contributed by atoms with Crippen molar-refractivity contribution in [3.05, 3.63) is 41.0 Å². The van der Waals surface area contributed by atoms with Crippen molar-refractivity contribution in [1.82, 2.24) is 0 Å². The minimum absolute atomic E-state index is 0.0624. The molecule has 4 N–H and O–H groups in total. The van der Waals surface area contributed by atoms with E-state index in [1.807, 2.05) is 0 Å². The summed E-state index contributed by atoms with van der Waals surface area (Å²) >= 11 is 0. The summed E-state index contributed by atoms with van der Waals surface area (Å²) in [6.45, 7) is 1.94. The zero-order valence-electron chi connectivity index (χ0n) is 15.4. The van der Waals surface area contributed by atoms with Gasteiger partial charge in [-0.15, -0.1) is 0 Å². The summed E-state index contributed by atoms with van der Waals surface area (Å²) < 4.78 is 9.76. The van der Waals surface area contributed by atoms with Gasteiger partial charge in [0, 0.05) is 17.7 Å². The smallest absolute Gasteiger partial charge is 0.181 e. The number of carbonyl (C=O) groups excluding carboxylic acids is 2. The molecule has 8 nitrogen and oxygen atoms in total. The topological polar surface area (TPSA) is 125 Å². The molecule has 0 fully saturated rings. The van der Waals surface area contributed by atoms with E-state index in [2.05, 4.69) is 5.32 Å². The molecule has 2 aromatic carbocycles. The third-order valence-electron chi connectivity index (χ3n) is 3.52. The largest absolute Gasteiger partial charge is 0.504 e. The highest BCUT2D eigenvalue weighted by Gasteiger charge is 2.09. The van der Waals surface area contributed by atoms with Gasteiger partial charge in [0.2, 0.25) is 0 Å². The molecule has 0 heterocycles. The standard InChI is InChI=1S/C10H13NO4.C9H10O3/c1-15-9-5-7(6-13)4-8(10(9)14)11-2-3-12;1-6-3-7(5-10)4-8(12-2)9(6)11/h4-6,11-12,14H,2-3H2,1H3;3-5,11H,1-2H3. The molecule has 0 atom stereocenters. The van der Waals surface area contributed by atoms with Crippen LogP contribution < -0.4 is 14.8 Å². The molecule has 0 spiro atoms. The van der Waals surface area contributed by atoms with Crippen LogP contribution in [-0.2, 0) is 0 Å². The fourth-order valence-corrected chi connectivity index (χ4v) is 2.18. The summed E-state index contributed by atoms with van der Waals surface area (Å²) in [7, 11) is 2.85. The summed E-state index contributed by atoms with van der Waals surface area (Å²) in [4.78, 5) is 21.0. The van der Waals surface area contributed by atoms with Crippen LogP contribution in [0.3, 0.4) is 0 Å². The zero-order valence-corrected chi connectivity index (χ0v) is 15.4. The van der Waals surface area contributed by atoms with Crippen LogP contribution in [-0.4, -0.2) is 55.3 Å². The van der Waals surface area contributed by atoms with Gasteiger partial charge in [-0.1, -0.05) is 0 Å². The van der Waals surface area contributed by atoms with E-state index in [0.717, 1.165) is 6.29 Å². The monoisotopic (exact) mass is 377 g/mol. The Labute approximate surface area is 157 Å². The molecule has 146 valence electrons. The second-order valence-electron chi connectivity index (χ2n) is 5.39. The van der Waals surface area contributed by atoms with E-state index in [4.69, 9.17) is 14.6 Å². The first kappa shape index (κ1) is 21.8. The minimum Gasteiger partial charge on any atom is -0.504 e. The van der Waals surface area contributed by atoms with E-state index >= 15 is 0 Å². The van der Waals surface area contributed by atoms with Crippen LogP contribution in [0.25, 0.3) is 0 Å². The highest BCUT2D eigenvalue weighted by atomic mass is 16.5. The number of carbonyl (C=O) groups is 2. The van der Waals surface area contributed by atoms with Crippen molar-refractivity contribution < 1.29 is 34.4 Å². The number of aromatic hydroxyl groups is 2. The lowest BCUT2D eigenvalue weighted by Crippen LogP contribution is -2.06. The second kappa shape index (κ2) is 10.7. The van der Waals surface area contributed by atoms with Gasteiger partial charge in [0.05, 0.1) is 26.5 Å². The number of benzene rings is 2. The summed E-state index contributed by atoms with van der Waals surface area (Å²) in [5.41, 5.74) is 1.90. The van der Waals surface area contributed by atoms with Gasteiger partial charge >= 0.3 is 0 Å². The predicted molar refractivity (Wildman–Crippen MR) is 100 cm³/mol. The molecule has 0 unspecified atom stereocenters. The quantitative estimate of drug-likeness (QED) is 0.427. The first-order valence-electron chi connectivity index (χ1n) is 7.95. The molecule has 8 heteroatoms. The van der Waals surface area contributed by atoms with Crippen molar-refractivity contribution in [3.63, 3.8) is 0 Å². The van der Waals surface area contributed by atoms with Crippen LogP contribution in [0.1, 0.15) is 26.3 Å². The van der Waals surface area contributed by atoms with Gasteiger partial charge in [-0.05, 0) is 36.8 Å². The molecule has 0 bridgehead atoms. The number of aliphatic hydroxyl groups is 1. The normalized spacial score (nSPS) is 9.63. The fourth-order valence-electron chi connectivity index (χ4n) is 2.18. The molecule has 2 aromatic rings. The molecule has 27 heavy (non-hydrogen) atoms. The van der Waals surface area contributed by atoms with Crippen LogP contribution in [0.2, 0.25) is 0 Å². The lowest BCUT2D eigenvalue weighted by atomic mass is 10.1. The number of aldehydes is 2. The number of methoxy groups -OCH3 is 2. The molecule has 0 aliphatic rings. The molecule has 2 rings (SSSR count). The number of aliphatic hydroxyl groups excluding tert-OH is 1. The molecular weight excluding hydrogens is 354 g/mol. The lowest BCUT2D eigenvalue weighted by Gasteiger charge is -2.11. The average Bonchev–Trinajstić information content (AvgIpc) is 2.69. The van der Waals surface area contributed by atoms with Crippen molar-refractivity contribution >= 4 is 18.3 Å². The maximum Gasteiger partial charge on any atom is 0.181 e. The van der Waals surface area contributed by atoms with Gasteiger partial charge in [0.15, 0.2) is 23.0 Å². The highest BCUT2D eigenvalue weighted by Crippen LogP contribution is 2.34. The van der Waals surface area contributed by atoms with Gasteiger partial charge in [-0.2, -0.15) is 0 Å². The molecule has 0 aliphatic heterocycles. The number of nitrogens with one attached hydrogen (secondary N) is 1. The van der Waals surface area contributed by atoms with Gasteiger partial charge in [-0.3, -0.25) is 9.59 Å². The molecule has 0 aliphatic carbocycles. The highest BCUT2D eigenvalue weighted by molar-refractivity contribution is 5.81. The van der Waals surface area contributed by atoms with Crippen molar-refractivity contribution in [2.45, 2.75) is 6.92 Å². The van der Waals surface area contributed by atoms with Crippen molar-refractivity contribution in [2.75, 3.05) is 32.7 Å². The average molecular weight is 377 g/mol. The SMILES string of the molecule is COc1cc(C=O)cc(C)c1O.COc1cc(C=O)cc(NCCO)c1O. The first-order valence-corrected chi connectivity index (χ1v) is 7.95. The first-order chi connectivity index (χ1) is 12.9. The fraction of sp³-hybridized carbons (Fsp3) is 0.263. The van der Waals surface area contributed by atoms with E-state index < -0.39 is 0 Å². The molecule has 0 aromatic heterocycles. The number of ether oxygens (including phenoxy) is 2. The van der Waals surface area contributed by atoms with E-state index in [0.29, 0.717) is 41.0 Å². The van der Waals surface area contributed by atoms with Gasteiger partial charge in [0.1, 0.15) is 12.6 Å². The van der Waals surface area contributed by atoms with Crippen molar-refractivity contribution in [3.8, 4) is 23.0 Å². The number of phenolic OH excluding ortho intramolecular Hbond substituents is 2. The maximum atomic E-state index is 10.6. The Bertz CT molecular complexity index is 790. The van der Waals surface area contributed by atoms with Crippen LogP contribution in [0.4, 0.5) is 5.69 Å². The number of aryl methyl sites for hydroxylation is 1. The lowest BCUT2D eigenvalue weighted by molar-refractivity contribution is 0.111. The molecule has 0 saturated carbocycles. The predicted octanol–water partition coefficient (Wildman–Crippen LogP) is 2.14. The number of rotatable bonds is 7. The Morgan fingerprint density at radius 3 is 1.93 bits per heavy atom. The van der Waals surface area contributed by atoms with E-state index in [-0.39, 0.29) is 23.9 Å². The number of anilines is 1. The van der Waals surface area contributed by atoms with Crippen LogP contribution in [0.15, 0.2) is 24.3 Å². The zero-order chi connectivity index (χ0) is 20.4. The van der Waals surface area contributed by atoms with Crippen LogP contribution in [0, 0.1) is 6.92 Å². The summed E-state index contributed by atoms with van der Waals surface area (Å²) in [6, 6.07) is 6.02. The Morgan fingerprint density at radius 1 is 0.926 bits per heavy atom. The molecular formula is C19H23NO7. The van der Waals surface area contributed by atoms with E-state index in [1.54, 1.807) is 13.0 Å². The number of hydrogen-bond donors (Lipinski definition) is 4. The second-order valence-corrected chi connectivity index (χ2v) is 5.39. The van der Waals surface area contributed by atoms with Gasteiger partial charge in [0.25, 0.3) is 0 Å². The molecule has 0 radical (unpaired) electrons. The third-order valence-corrected chi connectivity index (χ3v) is 3.52. The summed E-state index contributed by atoms with van der Waals surface area (Å²) in [5, 5.41) is 30.4. The van der Waals surface area contributed by atoms with E-state index in [1.165, 1.54) is 32.4 Å². The molecule has 0 saturated heterocycles. The summed E-state index contributed by atoms with van der Waals surface area (Å²) in [5.74, 6) is 0.566. The van der Waals surface area contributed by atoms with Crippen molar-refractivity contribution in [2.24, 2.45) is 0 Å². The maximum absolute atomic E-state index is 10.6. The Balaban J connectivity index is 0.000000277. The van der Waals surface area contributed by atoms with Gasteiger partial charge in [-0.25, -0.2) is 0 Å². The number of hydrogen-bond acceptors (Lipinski definition) is 8. The number of phenols is 2. The Hall–Kier alpha value is -3.26. The van der Waals surface area contributed by atoms with E-state index in [9.17, 15) is 19.8 Å². The molecule has 0 amide bonds. The van der Waals surface area contributed by atoms with Crippen LogP contribution in [0.5, 0.6) is 23.0 Å². The summed E-state index contributed by atoms with van der Waals surface area (Å²) in [6.07, 6.45) is 1.38. The Morgan fingerprint density at radius 2 is 1.44 bits per heavy atom. The minimum atomic E-state index is -0.0726. The van der Waals surface area contributed by atoms with Crippen molar-refractivity contribution in [1.29, 1.82) is 0 Å². The third kappa shape index (κ3) is 5.89. The Kier molecular flexibility index (Phi) is 8.61. The van der Waals surface area contributed by atoms with Crippen LogP contribution >= 0.6 is 0 Å².